The lowest BCUT2D eigenvalue weighted by Crippen LogP contribution is -2.16. The molecule has 0 radical (unpaired) electrons. The van der Waals surface area contributed by atoms with Crippen LogP contribution in [0.25, 0.3) is 5.65 Å². The van der Waals surface area contributed by atoms with Crippen LogP contribution in [0.5, 0.6) is 0 Å². The summed E-state index contributed by atoms with van der Waals surface area (Å²) in [5.41, 5.74) is 0.974. The van der Waals surface area contributed by atoms with Crippen LogP contribution in [-0.4, -0.2) is 53.2 Å². The van der Waals surface area contributed by atoms with Gasteiger partial charge in [-0.25, -0.2) is 4.79 Å². The van der Waals surface area contributed by atoms with E-state index in [-0.39, 0.29) is 0 Å². The minimum absolute atomic E-state index is 0.396. The van der Waals surface area contributed by atoms with Crippen LogP contribution in [0.15, 0.2) is 18.3 Å². The molecular weight excluding hydrogens is 232 g/mol. The Morgan fingerprint density at radius 2 is 2.22 bits per heavy atom. The molecule has 0 bridgehead atoms. The molecule has 0 aliphatic carbocycles. The molecule has 0 aliphatic heterocycles. The smallest absolute Gasteiger partial charge is 0.341 e. The Balaban J connectivity index is 2.39. The Morgan fingerprint density at radius 3 is 2.89 bits per heavy atom. The van der Waals surface area contributed by atoms with E-state index in [0.29, 0.717) is 11.2 Å². The predicted molar refractivity (Wildman–Crippen MR) is 66.6 cm³/mol. The van der Waals surface area contributed by atoms with Gasteiger partial charge < -0.3 is 9.64 Å². The summed E-state index contributed by atoms with van der Waals surface area (Å²) >= 11 is 0. The number of nitrogens with zero attached hydrogens (tertiary/aromatic N) is 4. The van der Waals surface area contributed by atoms with E-state index in [2.05, 4.69) is 15.1 Å². The molecule has 2 aromatic rings. The highest BCUT2D eigenvalue weighted by atomic mass is 16.5. The van der Waals surface area contributed by atoms with Crippen molar-refractivity contribution in [1.82, 2.24) is 19.5 Å². The molecule has 6 nitrogen and oxygen atoms in total. The minimum atomic E-state index is -0.396. The topological polar surface area (TPSA) is 59.7 Å². The number of fused-ring (bicyclic) bond motifs is 1. The van der Waals surface area contributed by atoms with E-state index in [9.17, 15) is 4.79 Å². The number of methoxy groups -OCH3 is 1. The average molecular weight is 248 g/mol. The van der Waals surface area contributed by atoms with E-state index < -0.39 is 5.97 Å². The lowest BCUT2D eigenvalue weighted by atomic mass is 10.2. The maximum Gasteiger partial charge on any atom is 0.341 e. The Kier molecular flexibility index (Phi) is 3.57. The van der Waals surface area contributed by atoms with Crippen molar-refractivity contribution in [3.63, 3.8) is 0 Å². The van der Waals surface area contributed by atoms with Gasteiger partial charge >= 0.3 is 5.97 Å². The van der Waals surface area contributed by atoms with Gasteiger partial charge in [-0.15, -0.1) is 10.2 Å². The summed E-state index contributed by atoms with van der Waals surface area (Å²) in [7, 11) is 5.36. The molecule has 0 N–H and O–H groups in total. The van der Waals surface area contributed by atoms with Crippen molar-refractivity contribution < 1.29 is 9.53 Å². The van der Waals surface area contributed by atoms with Gasteiger partial charge in [0.05, 0.1) is 7.11 Å². The normalized spacial score (nSPS) is 11.1. The number of likely N-dealkylation sites (N-methyl/N-ethyl adjacent to an activating group) is 1. The van der Waals surface area contributed by atoms with Crippen molar-refractivity contribution in [2.75, 3.05) is 27.7 Å². The average Bonchev–Trinajstić information content (AvgIpc) is 2.78. The van der Waals surface area contributed by atoms with Crippen molar-refractivity contribution >= 4 is 11.6 Å². The van der Waals surface area contributed by atoms with Crippen LogP contribution in [0.3, 0.4) is 0 Å². The second kappa shape index (κ2) is 5.14. The molecule has 0 unspecified atom stereocenters. The van der Waals surface area contributed by atoms with Crippen molar-refractivity contribution in [2.45, 2.75) is 6.42 Å². The van der Waals surface area contributed by atoms with Crippen molar-refractivity contribution in [3.8, 4) is 0 Å². The van der Waals surface area contributed by atoms with Crippen molar-refractivity contribution in [1.29, 1.82) is 0 Å². The second-order valence-corrected chi connectivity index (χ2v) is 4.28. The number of esters is 1. The summed E-state index contributed by atoms with van der Waals surface area (Å²) in [5, 5.41) is 8.18. The van der Waals surface area contributed by atoms with Gasteiger partial charge in [0.25, 0.3) is 0 Å². The molecule has 96 valence electrons. The molecule has 0 atom stereocenters. The van der Waals surface area contributed by atoms with Crippen LogP contribution < -0.4 is 0 Å². The lowest BCUT2D eigenvalue weighted by Gasteiger charge is -2.07. The first-order valence-corrected chi connectivity index (χ1v) is 5.69. The lowest BCUT2D eigenvalue weighted by molar-refractivity contribution is 0.0602. The summed E-state index contributed by atoms with van der Waals surface area (Å²) in [6.45, 7) is 0.878. The highest BCUT2D eigenvalue weighted by Crippen LogP contribution is 2.11. The van der Waals surface area contributed by atoms with Gasteiger partial charge in [0.2, 0.25) is 0 Å². The Labute approximate surface area is 105 Å². The SMILES string of the molecule is COC(=O)c1cccn2c(CCN(C)C)nnc12. The molecule has 2 aromatic heterocycles. The van der Waals surface area contributed by atoms with Gasteiger partial charge in [-0.1, -0.05) is 0 Å². The molecular formula is C12H16N4O2. The van der Waals surface area contributed by atoms with Crippen LogP contribution >= 0.6 is 0 Å². The van der Waals surface area contributed by atoms with Gasteiger partial charge in [-0.3, -0.25) is 4.40 Å². The molecule has 6 heteroatoms. The van der Waals surface area contributed by atoms with Crippen LogP contribution in [0.4, 0.5) is 0 Å². The third-order valence-corrected chi connectivity index (χ3v) is 2.69. The minimum Gasteiger partial charge on any atom is -0.465 e. The molecule has 0 saturated carbocycles. The van der Waals surface area contributed by atoms with Gasteiger partial charge in [0, 0.05) is 19.2 Å². The highest BCUT2D eigenvalue weighted by molar-refractivity contribution is 5.95. The van der Waals surface area contributed by atoms with Crippen LogP contribution in [0, 0.1) is 0 Å². The number of hydrogen-bond acceptors (Lipinski definition) is 5. The first-order chi connectivity index (χ1) is 8.63. The molecule has 0 aliphatic rings. The number of carbonyl (C=O) groups excluding carboxylic acids is 1. The van der Waals surface area contributed by atoms with Gasteiger partial charge in [-0.05, 0) is 26.2 Å². The third kappa shape index (κ3) is 2.33. The van der Waals surface area contributed by atoms with Gasteiger partial charge in [0.15, 0.2) is 5.65 Å². The molecule has 0 amide bonds. The Bertz CT molecular complexity index is 562. The van der Waals surface area contributed by atoms with E-state index in [1.54, 1.807) is 12.1 Å². The van der Waals surface area contributed by atoms with Crippen LogP contribution in [0.1, 0.15) is 16.2 Å². The molecule has 0 saturated heterocycles. The summed E-state index contributed by atoms with van der Waals surface area (Å²) in [4.78, 5) is 13.7. The number of hydrogen-bond donors (Lipinski definition) is 0. The molecule has 2 rings (SSSR count). The zero-order valence-corrected chi connectivity index (χ0v) is 10.8. The molecule has 0 aromatic carbocycles. The fraction of sp³-hybridized carbons (Fsp3) is 0.417. The Morgan fingerprint density at radius 1 is 1.44 bits per heavy atom. The second-order valence-electron chi connectivity index (χ2n) is 4.28. The van der Waals surface area contributed by atoms with E-state index in [0.717, 1.165) is 18.8 Å². The van der Waals surface area contributed by atoms with Gasteiger partial charge in [-0.2, -0.15) is 0 Å². The number of aromatic nitrogens is 3. The van der Waals surface area contributed by atoms with E-state index in [1.165, 1.54) is 7.11 Å². The van der Waals surface area contributed by atoms with E-state index in [1.807, 2.05) is 24.7 Å². The van der Waals surface area contributed by atoms with E-state index >= 15 is 0 Å². The van der Waals surface area contributed by atoms with E-state index in [4.69, 9.17) is 4.74 Å². The Hall–Kier alpha value is -1.95. The number of pyridine rings is 1. The number of rotatable bonds is 4. The molecule has 2 heterocycles. The summed E-state index contributed by atoms with van der Waals surface area (Å²) < 4.78 is 6.55. The van der Waals surface area contributed by atoms with Crippen LogP contribution in [0.2, 0.25) is 0 Å². The molecule has 0 spiro atoms. The van der Waals surface area contributed by atoms with Crippen LogP contribution in [-0.2, 0) is 11.2 Å². The quantitative estimate of drug-likeness (QED) is 0.742. The summed E-state index contributed by atoms with van der Waals surface area (Å²) in [6, 6.07) is 3.48. The zero-order chi connectivity index (χ0) is 13.1. The van der Waals surface area contributed by atoms with Crippen molar-refractivity contribution in [3.05, 3.63) is 29.7 Å². The fourth-order valence-corrected chi connectivity index (χ4v) is 1.73. The number of ether oxygens (including phenoxy) is 1. The summed E-state index contributed by atoms with van der Waals surface area (Å²) in [6.07, 6.45) is 2.63. The first-order valence-electron chi connectivity index (χ1n) is 5.69. The maximum atomic E-state index is 11.6. The highest BCUT2D eigenvalue weighted by Gasteiger charge is 2.14. The monoisotopic (exact) mass is 248 g/mol. The predicted octanol–water partition coefficient (Wildman–Crippen LogP) is 0.620. The standard InChI is InChI=1S/C12H16N4O2/c1-15(2)8-6-10-13-14-11-9(12(17)18-3)5-4-7-16(10)11/h4-5,7H,6,8H2,1-3H3. The molecule has 18 heavy (non-hydrogen) atoms. The zero-order valence-electron chi connectivity index (χ0n) is 10.8. The molecule has 0 fully saturated rings. The van der Waals surface area contributed by atoms with Gasteiger partial charge in [0.1, 0.15) is 11.4 Å². The van der Waals surface area contributed by atoms with Crippen molar-refractivity contribution in [2.24, 2.45) is 0 Å². The first kappa shape index (κ1) is 12.5. The summed E-state index contributed by atoms with van der Waals surface area (Å²) in [5.74, 6) is 0.441. The largest absolute Gasteiger partial charge is 0.465 e. The maximum absolute atomic E-state index is 11.6. The number of carbonyl (C=O) groups is 1. The third-order valence-electron chi connectivity index (χ3n) is 2.69. The fourth-order valence-electron chi connectivity index (χ4n) is 1.73.